The molecule has 2 rings (SSSR count). The van der Waals surface area contributed by atoms with Gasteiger partial charge in [-0.25, -0.2) is 4.79 Å². The maximum atomic E-state index is 12.8. The van der Waals surface area contributed by atoms with Crippen LogP contribution in [-0.4, -0.2) is 91.3 Å². The summed E-state index contributed by atoms with van der Waals surface area (Å²) in [6, 6.07) is 0.248. The van der Waals surface area contributed by atoms with Gasteiger partial charge in [-0.1, -0.05) is 0 Å². The van der Waals surface area contributed by atoms with Gasteiger partial charge in [0, 0.05) is 44.8 Å². The predicted octanol–water partition coefficient (Wildman–Crippen LogP) is 3.63. The average molecular weight is 538 g/mol. The van der Waals surface area contributed by atoms with Crippen molar-refractivity contribution in [1.82, 2.24) is 20.0 Å². The van der Waals surface area contributed by atoms with Gasteiger partial charge in [-0.2, -0.15) is 0 Å². The lowest BCUT2D eigenvalue weighted by molar-refractivity contribution is 0.00926. The lowest BCUT2D eigenvalue weighted by Gasteiger charge is -2.41. The van der Waals surface area contributed by atoms with Crippen molar-refractivity contribution in [3.63, 3.8) is 0 Å². The number of likely N-dealkylation sites (tertiary alicyclic amines) is 1. The van der Waals surface area contributed by atoms with Crippen molar-refractivity contribution in [2.75, 3.05) is 47.3 Å². The fraction of sp³-hybridized carbons (Fsp3) is 0.909. The number of carbonyl (C=O) groups is 1. The van der Waals surface area contributed by atoms with Crippen molar-refractivity contribution in [3.8, 4) is 0 Å². The molecule has 1 aliphatic carbocycles. The lowest BCUT2D eigenvalue weighted by atomic mass is 10.0. The molecule has 0 aromatic carbocycles. The standard InChI is InChI=1S/C22H43N5O2.HI/c1-21(2,3)29-20(28)27(15-17-9-10-17)18-11-13-26(14-12-18)19(23-6)24-16-22(4,5)25(7)8;/h17-18H,9-16H2,1-8H3,(H,23,24);1H. The van der Waals surface area contributed by atoms with E-state index in [1.54, 1.807) is 0 Å². The van der Waals surface area contributed by atoms with Crippen LogP contribution in [0.2, 0.25) is 0 Å². The van der Waals surface area contributed by atoms with Gasteiger partial charge in [-0.3, -0.25) is 4.99 Å². The number of likely N-dealkylation sites (N-methyl/N-ethyl adjacent to an activating group) is 1. The Labute approximate surface area is 201 Å². The number of carbonyl (C=O) groups excluding carboxylic acids is 1. The summed E-state index contributed by atoms with van der Waals surface area (Å²) in [4.78, 5) is 23.8. The summed E-state index contributed by atoms with van der Waals surface area (Å²) in [6.07, 6.45) is 4.21. The van der Waals surface area contributed by atoms with E-state index in [9.17, 15) is 4.79 Å². The van der Waals surface area contributed by atoms with E-state index in [2.05, 4.69) is 48.1 Å². The van der Waals surface area contributed by atoms with Gasteiger partial charge in [-0.05, 0) is 80.3 Å². The van der Waals surface area contributed by atoms with Crippen molar-refractivity contribution in [3.05, 3.63) is 0 Å². The number of aliphatic imine (C=N–C) groups is 1. The van der Waals surface area contributed by atoms with Crippen LogP contribution in [-0.2, 0) is 4.74 Å². The van der Waals surface area contributed by atoms with E-state index in [0.29, 0.717) is 5.92 Å². The van der Waals surface area contributed by atoms with Crippen LogP contribution in [0.4, 0.5) is 4.79 Å². The quantitative estimate of drug-likeness (QED) is 0.319. The molecule has 0 atom stereocenters. The summed E-state index contributed by atoms with van der Waals surface area (Å²) in [5, 5.41) is 3.53. The Bertz CT molecular complexity index is 577. The molecular weight excluding hydrogens is 493 g/mol. The van der Waals surface area contributed by atoms with Crippen LogP contribution in [0.1, 0.15) is 60.3 Å². The zero-order valence-electron chi connectivity index (χ0n) is 20.3. The second-order valence-electron chi connectivity index (χ2n) is 10.4. The zero-order chi connectivity index (χ0) is 21.8. The SMILES string of the molecule is CN=C(NCC(C)(C)N(C)C)N1CCC(N(CC2CC2)C(=O)OC(C)(C)C)CC1.I. The molecule has 1 saturated heterocycles. The number of halogens is 1. The lowest BCUT2D eigenvalue weighted by Crippen LogP contribution is -2.55. The van der Waals surface area contributed by atoms with Crippen LogP contribution >= 0.6 is 24.0 Å². The molecule has 0 radical (unpaired) electrons. The molecule has 0 unspecified atom stereocenters. The van der Waals surface area contributed by atoms with Crippen molar-refractivity contribution in [1.29, 1.82) is 0 Å². The summed E-state index contributed by atoms with van der Waals surface area (Å²) < 4.78 is 5.71. The van der Waals surface area contributed by atoms with Crippen LogP contribution in [0.3, 0.4) is 0 Å². The molecule has 2 aliphatic rings. The number of nitrogens with zero attached hydrogens (tertiary/aromatic N) is 4. The molecule has 0 bridgehead atoms. The minimum atomic E-state index is -0.454. The van der Waals surface area contributed by atoms with Crippen molar-refractivity contribution in [2.24, 2.45) is 10.9 Å². The van der Waals surface area contributed by atoms with Crippen LogP contribution in [0.15, 0.2) is 4.99 Å². The Balaban J connectivity index is 0.00000450. The van der Waals surface area contributed by atoms with E-state index in [0.717, 1.165) is 45.0 Å². The van der Waals surface area contributed by atoms with Crippen LogP contribution in [0.25, 0.3) is 0 Å². The molecule has 30 heavy (non-hydrogen) atoms. The number of hydrogen-bond donors (Lipinski definition) is 1. The van der Waals surface area contributed by atoms with E-state index in [1.165, 1.54) is 12.8 Å². The molecular formula is C22H44IN5O2. The summed E-state index contributed by atoms with van der Waals surface area (Å²) >= 11 is 0. The fourth-order valence-electron chi connectivity index (χ4n) is 3.45. The van der Waals surface area contributed by atoms with Crippen molar-refractivity contribution >= 4 is 36.0 Å². The molecule has 0 aromatic heterocycles. The summed E-state index contributed by atoms with van der Waals surface area (Å²) in [6.45, 7) is 13.7. The van der Waals surface area contributed by atoms with Gasteiger partial charge in [0.15, 0.2) is 5.96 Å². The van der Waals surface area contributed by atoms with Crippen LogP contribution in [0.5, 0.6) is 0 Å². The minimum Gasteiger partial charge on any atom is -0.444 e. The Morgan fingerprint density at radius 3 is 2.10 bits per heavy atom. The topological polar surface area (TPSA) is 60.4 Å². The first-order valence-corrected chi connectivity index (χ1v) is 11.1. The molecule has 176 valence electrons. The highest BCUT2D eigenvalue weighted by Gasteiger charge is 2.35. The van der Waals surface area contributed by atoms with E-state index in [4.69, 9.17) is 4.74 Å². The van der Waals surface area contributed by atoms with E-state index in [1.807, 2.05) is 32.7 Å². The summed E-state index contributed by atoms with van der Waals surface area (Å²) in [5.41, 5.74) is -0.406. The maximum absolute atomic E-state index is 12.8. The van der Waals surface area contributed by atoms with Gasteiger partial charge >= 0.3 is 6.09 Å². The number of nitrogens with one attached hydrogen (secondary N) is 1. The maximum Gasteiger partial charge on any atom is 0.410 e. The van der Waals surface area contributed by atoms with Gasteiger partial charge in [0.2, 0.25) is 0 Å². The van der Waals surface area contributed by atoms with Crippen LogP contribution < -0.4 is 5.32 Å². The first-order valence-electron chi connectivity index (χ1n) is 11.1. The molecule has 1 aliphatic heterocycles. The second-order valence-corrected chi connectivity index (χ2v) is 10.4. The van der Waals surface area contributed by atoms with E-state index < -0.39 is 5.60 Å². The predicted molar refractivity (Wildman–Crippen MR) is 135 cm³/mol. The number of hydrogen-bond acceptors (Lipinski definition) is 4. The molecule has 1 saturated carbocycles. The highest BCUT2D eigenvalue weighted by atomic mass is 127. The number of amides is 1. The molecule has 1 amide bonds. The Hall–Kier alpha value is -0.770. The monoisotopic (exact) mass is 537 g/mol. The zero-order valence-corrected chi connectivity index (χ0v) is 22.7. The first kappa shape index (κ1) is 27.3. The van der Waals surface area contributed by atoms with Crippen LogP contribution in [0, 0.1) is 5.92 Å². The third kappa shape index (κ3) is 8.40. The third-order valence-corrected chi connectivity index (χ3v) is 6.09. The van der Waals surface area contributed by atoms with Gasteiger partial charge < -0.3 is 24.8 Å². The second kappa shape index (κ2) is 11.2. The normalized spacial score (nSPS) is 18.8. The fourth-order valence-corrected chi connectivity index (χ4v) is 3.45. The molecule has 7 nitrogen and oxygen atoms in total. The van der Waals surface area contributed by atoms with E-state index in [-0.39, 0.29) is 41.7 Å². The smallest absolute Gasteiger partial charge is 0.410 e. The summed E-state index contributed by atoms with van der Waals surface area (Å²) in [5.74, 6) is 1.60. The molecule has 0 aromatic rings. The van der Waals surface area contributed by atoms with Crippen molar-refractivity contribution < 1.29 is 9.53 Å². The Morgan fingerprint density at radius 1 is 1.10 bits per heavy atom. The largest absolute Gasteiger partial charge is 0.444 e. The van der Waals surface area contributed by atoms with Gasteiger partial charge in [0.1, 0.15) is 5.60 Å². The number of rotatable bonds is 6. The first-order chi connectivity index (χ1) is 13.4. The summed E-state index contributed by atoms with van der Waals surface area (Å²) in [7, 11) is 6.04. The molecule has 2 fully saturated rings. The molecule has 8 heteroatoms. The highest BCUT2D eigenvalue weighted by Crippen LogP contribution is 2.32. The van der Waals surface area contributed by atoms with Gasteiger partial charge in [0.05, 0.1) is 0 Å². The number of piperidine rings is 1. The Kier molecular flexibility index (Phi) is 10.2. The number of ether oxygens (including phenoxy) is 1. The molecule has 1 N–H and O–H groups in total. The average Bonchev–Trinajstić information content (AvgIpc) is 3.43. The van der Waals surface area contributed by atoms with E-state index >= 15 is 0 Å². The molecule has 1 heterocycles. The van der Waals surface area contributed by atoms with Gasteiger partial charge in [0.25, 0.3) is 0 Å². The number of guanidine groups is 1. The highest BCUT2D eigenvalue weighted by molar-refractivity contribution is 14.0. The molecule has 0 spiro atoms. The minimum absolute atomic E-state index is 0. The Morgan fingerprint density at radius 2 is 1.67 bits per heavy atom. The van der Waals surface area contributed by atoms with Crippen molar-refractivity contribution in [2.45, 2.75) is 77.5 Å². The third-order valence-electron chi connectivity index (χ3n) is 6.09. The van der Waals surface area contributed by atoms with Gasteiger partial charge in [-0.15, -0.1) is 24.0 Å².